The molecule has 0 unspecified atom stereocenters. The minimum atomic E-state index is -4.25. The quantitative estimate of drug-likeness (QED) is 0.315. The molecule has 0 bridgehead atoms. The summed E-state index contributed by atoms with van der Waals surface area (Å²) >= 11 is 0. The number of rotatable bonds is 13. The standard InChI is InChI=1S/C19H32O4S.K/c1-2-3-4-5-6-7-8-9-10-11-12-13-17-16-18(20)14-15-19(17)24(21,22)23;/h14-16,20H,2-13H2,1H3,(H,21,22,23);/q;+1/p-1. The van der Waals surface area contributed by atoms with Crippen LogP contribution in [0.5, 0.6) is 5.75 Å². The second-order valence-corrected chi connectivity index (χ2v) is 7.92. The maximum Gasteiger partial charge on any atom is 1.00 e. The maximum absolute atomic E-state index is 11.4. The summed E-state index contributed by atoms with van der Waals surface area (Å²) in [5.74, 6) is -0.222. The molecule has 0 saturated heterocycles. The predicted molar refractivity (Wildman–Crippen MR) is 95.9 cm³/mol. The molecule has 1 N–H and O–H groups in total. The molecule has 0 fully saturated rings. The fourth-order valence-corrected chi connectivity index (χ4v) is 3.71. The van der Waals surface area contributed by atoms with E-state index in [2.05, 4.69) is 6.92 Å². The van der Waals surface area contributed by atoms with Gasteiger partial charge in [0.25, 0.3) is 10.1 Å². The molecule has 0 spiro atoms. The minimum absolute atomic E-state index is 0. The number of hydrogen-bond acceptors (Lipinski definition) is 3. The van der Waals surface area contributed by atoms with E-state index in [0.717, 1.165) is 19.3 Å². The monoisotopic (exact) mass is 394 g/mol. The van der Waals surface area contributed by atoms with Gasteiger partial charge in [-0.2, -0.15) is 8.42 Å². The Morgan fingerprint density at radius 2 is 1.36 bits per heavy atom. The second-order valence-electron chi connectivity index (χ2n) is 6.53. The van der Waals surface area contributed by atoms with Gasteiger partial charge in [-0.05, 0) is 24.5 Å². The van der Waals surface area contributed by atoms with Crippen LogP contribution in [0.3, 0.4) is 0 Å². The van der Waals surface area contributed by atoms with Crippen LogP contribution in [0.15, 0.2) is 23.1 Å². The Balaban J connectivity index is 0.00000576. The third-order valence-electron chi connectivity index (χ3n) is 4.36. The van der Waals surface area contributed by atoms with Crippen molar-refractivity contribution < 1.29 is 69.5 Å². The van der Waals surface area contributed by atoms with Crippen LogP contribution in [0.1, 0.15) is 83.1 Å². The summed E-state index contributed by atoms with van der Waals surface area (Å²) in [6, 6.07) is 3.69. The molecule has 0 aliphatic heterocycles. The second kappa shape index (κ2) is 14.6. The summed E-state index contributed by atoms with van der Waals surface area (Å²) in [7, 11) is -4.25. The van der Waals surface area contributed by atoms with E-state index in [-0.39, 0.29) is 62.0 Å². The molecule has 0 aromatic heterocycles. The van der Waals surface area contributed by atoms with Gasteiger partial charge in [-0.15, -0.1) is 5.75 Å². The van der Waals surface area contributed by atoms with Gasteiger partial charge in [0.1, 0.15) is 0 Å². The predicted octanol–water partition coefficient (Wildman–Crippen LogP) is 1.86. The molecular weight excluding hydrogens is 363 g/mol. The summed E-state index contributed by atoms with van der Waals surface area (Å²) in [4.78, 5) is -0.130. The van der Waals surface area contributed by atoms with Crippen LogP contribution in [0.25, 0.3) is 0 Å². The molecule has 1 aromatic rings. The molecule has 138 valence electrons. The first-order chi connectivity index (χ1) is 11.4. The van der Waals surface area contributed by atoms with Crippen LogP contribution in [-0.4, -0.2) is 13.0 Å². The number of hydrogen-bond donors (Lipinski definition) is 1. The summed E-state index contributed by atoms with van der Waals surface area (Å²) < 4.78 is 31.8. The van der Waals surface area contributed by atoms with Gasteiger partial charge in [0.15, 0.2) is 0 Å². The molecule has 0 atom stereocenters. The number of unbranched alkanes of at least 4 members (excludes halogenated alkanes) is 10. The van der Waals surface area contributed by atoms with Crippen molar-refractivity contribution in [3.8, 4) is 5.75 Å². The number of aryl methyl sites for hydroxylation is 1. The Bertz CT molecular complexity index is 573. The van der Waals surface area contributed by atoms with E-state index in [1.165, 1.54) is 69.6 Å². The number of benzene rings is 1. The van der Waals surface area contributed by atoms with E-state index in [1.807, 2.05) is 0 Å². The zero-order chi connectivity index (χ0) is 17.8. The summed E-state index contributed by atoms with van der Waals surface area (Å²) in [6.07, 6.45) is 13.9. The molecule has 1 aromatic carbocycles. The van der Waals surface area contributed by atoms with E-state index in [1.54, 1.807) is 0 Å². The first kappa shape index (κ1) is 25.6. The fourth-order valence-electron chi connectivity index (χ4n) is 2.98. The van der Waals surface area contributed by atoms with Crippen molar-refractivity contribution in [2.24, 2.45) is 0 Å². The molecule has 0 aliphatic rings. The molecule has 0 heterocycles. The SMILES string of the molecule is CCCCCCCCCCCCCc1cc([O-])ccc1S(=O)(=O)O.[K+]. The van der Waals surface area contributed by atoms with E-state index in [4.69, 9.17) is 0 Å². The van der Waals surface area contributed by atoms with Gasteiger partial charge >= 0.3 is 51.4 Å². The van der Waals surface area contributed by atoms with E-state index in [0.29, 0.717) is 12.0 Å². The molecule has 4 nitrogen and oxygen atoms in total. The van der Waals surface area contributed by atoms with Crippen molar-refractivity contribution in [3.05, 3.63) is 23.8 Å². The van der Waals surface area contributed by atoms with Gasteiger partial charge in [0, 0.05) is 0 Å². The van der Waals surface area contributed by atoms with Gasteiger partial charge < -0.3 is 5.11 Å². The Labute approximate surface area is 196 Å². The van der Waals surface area contributed by atoms with Gasteiger partial charge in [0.05, 0.1) is 4.90 Å². The Hall–Kier alpha value is 0.566. The fraction of sp³-hybridized carbons (Fsp3) is 0.684. The molecule has 1 rings (SSSR count). The Morgan fingerprint density at radius 3 is 1.84 bits per heavy atom. The van der Waals surface area contributed by atoms with Crippen LogP contribution in [0.2, 0.25) is 0 Å². The molecule has 25 heavy (non-hydrogen) atoms. The zero-order valence-electron chi connectivity index (χ0n) is 15.8. The maximum atomic E-state index is 11.4. The molecule has 0 saturated carbocycles. The topological polar surface area (TPSA) is 77.4 Å². The third kappa shape index (κ3) is 11.8. The molecule has 0 aliphatic carbocycles. The van der Waals surface area contributed by atoms with Crippen molar-refractivity contribution >= 4 is 10.1 Å². The van der Waals surface area contributed by atoms with Crippen molar-refractivity contribution in [1.29, 1.82) is 0 Å². The largest absolute Gasteiger partial charge is 1.00 e. The van der Waals surface area contributed by atoms with Crippen LogP contribution in [0.4, 0.5) is 0 Å². The van der Waals surface area contributed by atoms with Crippen molar-refractivity contribution in [2.45, 2.75) is 88.9 Å². The van der Waals surface area contributed by atoms with Crippen LogP contribution in [0, 0.1) is 0 Å². The van der Waals surface area contributed by atoms with E-state index >= 15 is 0 Å². The molecule has 0 radical (unpaired) electrons. The molecule has 6 heteroatoms. The zero-order valence-corrected chi connectivity index (χ0v) is 19.7. The molecule has 0 amide bonds. The normalized spacial score (nSPS) is 11.3. The van der Waals surface area contributed by atoms with Crippen molar-refractivity contribution in [2.75, 3.05) is 0 Å². The summed E-state index contributed by atoms with van der Waals surface area (Å²) in [5, 5.41) is 11.4. The first-order valence-electron chi connectivity index (χ1n) is 9.22. The minimum Gasteiger partial charge on any atom is -0.872 e. The van der Waals surface area contributed by atoms with Crippen LogP contribution < -0.4 is 56.5 Å². The first-order valence-corrected chi connectivity index (χ1v) is 10.7. The smallest absolute Gasteiger partial charge is 0.872 e. The average Bonchev–Trinajstić information content (AvgIpc) is 2.51. The third-order valence-corrected chi connectivity index (χ3v) is 5.31. The van der Waals surface area contributed by atoms with Crippen LogP contribution in [-0.2, 0) is 16.5 Å². The Morgan fingerprint density at radius 1 is 0.880 bits per heavy atom. The van der Waals surface area contributed by atoms with Gasteiger partial charge in [-0.25, -0.2) is 0 Å². The van der Waals surface area contributed by atoms with Gasteiger partial charge in [0.2, 0.25) is 0 Å². The van der Waals surface area contributed by atoms with Crippen molar-refractivity contribution in [1.82, 2.24) is 0 Å². The molecular formula is C19H31KO4S. The van der Waals surface area contributed by atoms with E-state index < -0.39 is 10.1 Å². The van der Waals surface area contributed by atoms with E-state index in [9.17, 15) is 18.1 Å². The van der Waals surface area contributed by atoms with Gasteiger partial charge in [-0.1, -0.05) is 83.3 Å². The average molecular weight is 395 g/mol. The van der Waals surface area contributed by atoms with Crippen LogP contribution >= 0.6 is 0 Å². The van der Waals surface area contributed by atoms with Crippen molar-refractivity contribution in [3.63, 3.8) is 0 Å². The summed E-state index contributed by atoms with van der Waals surface area (Å²) in [6.45, 7) is 2.23. The van der Waals surface area contributed by atoms with Gasteiger partial charge in [-0.3, -0.25) is 4.55 Å². The summed E-state index contributed by atoms with van der Waals surface area (Å²) in [5.41, 5.74) is 0.431. The Kier molecular flexibility index (Phi) is 14.9.